The fraction of sp³-hybridized carbons (Fsp3) is 0.750. The van der Waals surface area contributed by atoms with Gasteiger partial charge in [0.15, 0.2) is 0 Å². The van der Waals surface area contributed by atoms with Gasteiger partial charge < -0.3 is 26.7 Å². The third-order valence-electron chi connectivity index (χ3n) is 2.90. The van der Waals surface area contributed by atoms with Crippen molar-refractivity contribution in [3.63, 3.8) is 0 Å². The van der Waals surface area contributed by atoms with E-state index >= 15 is 0 Å². The highest BCUT2D eigenvalue weighted by molar-refractivity contribution is 5.81. The maximum Gasteiger partial charge on any atom is 0.330 e. The molecule has 0 saturated heterocycles. The normalized spacial score (nSPS) is 13.2. The molecule has 0 aromatic heterocycles. The molecule has 0 radical (unpaired) electrons. The van der Waals surface area contributed by atoms with Crippen molar-refractivity contribution in [3.8, 4) is 0 Å². The van der Waals surface area contributed by atoms with Crippen molar-refractivity contribution >= 4 is 5.97 Å². The number of carbonyl (C=O) groups is 1. The van der Waals surface area contributed by atoms with Gasteiger partial charge in [-0.3, -0.25) is 0 Å². The molecule has 0 aromatic rings. The van der Waals surface area contributed by atoms with Gasteiger partial charge in [0.05, 0.1) is 20.1 Å². The fourth-order valence-corrected chi connectivity index (χ4v) is 1.41. The molecular weight excluding hydrogens is 242 g/mol. The number of esters is 1. The molecule has 0 fully saturated rings. The molecule has 1 N–H and O–H groups in total. The lowest BCUT2D eigenvalue weighted by Crippen LogP contribution is -3.00. The molecule has 0 amide bonds. The second-order valence-electron chi connectivity index (χ2n) is 4.22. The lowest BCUT2D eigenvalue weighted by molar-refractivity contribution is -0.909. The summed E-state index contributed by atoms with van der Waals surface area (Å²) in [6.07, 6.45) is 2.37. The summed E-state index contributed by atoms with van der Waals surface area (Å²) in [7, 11) is 2.08. The van der Waals surface area contributed by atoms with Crippen LogP contribution in [-0.4, -0.2) is 55.0 Å². The first-order valence-electron chi connectivity index (χ1n) is 5.78. The number of allylic oxidation sites excluding steroid dienone is 1. The molecule has 102 valence electrons. The van der Waals surface area contributed by atoms with Crippen molar-refractivity contribution in [3.05, 3.63) is 12.2 Å². The minimum atomic E-state index is -0.598. The van der Waals surface area contributed by atoms with E-state index in [0.717, 1.165) is 17.6 Å². The second-order valence-corrected chi connectivity index (χ2v) is 4.22. The number of quaternary nitrogens is 1. The number of rotatable bonds is 7. The lowest BCUT2D eigenvalue weighted by atomic mass is 10.3. The largest absolute Gasteiger partial charge is 1.00 e. The summed E-state index contributed by atoms with van der Waals surface area (Å²) in [6.45, 7) is 8.50. The van der Waals surface area contributed by atoms with Crippen LogP contribution in [0.25, 0.3) is 0 Å². The van der Waals surface area contributed by atoms with Crippen LogP contribution in [0.1, 0.15) is 20.8 Å². The fourth-order valence-electron chi connectivity index (χ4n) is 1.41. The van der Waals surface area contributed by atoms with E-state index in [0.29, 0.717) is 6.54 Å². The van der Waals surface area contributed by atoms with E-state index in [9.17, 15) is 9.90 Å². The van der Waals surface area contributed by atoms with Crippen LogP contribution in [-0.2, 0) is 9.53 Å². The van der Waals surface area contributed by atoms with Gasteiger partial charge in [-0.2, -0.15) is 0 Å². The van der Waals surface area contributed by atoms with E-state index in [1.807, 2.05) is 0 Å². The quantitative estimate of drug-likeness (QED) is 0.328. The Morgan fingerprint density at radius 2 is 1.94 bits per heavy atom. The average molecular weight is 266 g/mol. The number of ether oxygens (including phenoxy) is 1. The zero-order valence-electron chi connectivity index (χ0n) is 11.1. The highest BCUT2D eigenvalue weighted by atomic mass is 35.5. The number of hydrogen-bond acceptors (Lipinski definition) is 3. The Kier molecular flexibility index (Phi) is 10.4. The summed E-state index contributed by atoms with van der Waals surface area (Å²) in [6, 6.07) is 0. The highest BCUT2D eigenvalue weighted by Crippen LogP contribution is 2.03. The molecule has 4 nitrogen and oxygen atoms in total. The first-order chi connectivity index (χ1) is 7.47. The number of aliphatic hydroxyl groups is 1. The van der Waals surface area contributed by atoms with Gasteiger partial charge in [0.2, 0.25) is 0 Å². The minimum absolute atomic E-state index is 0. The zero-order valence-corrected chi connectivity index (χ0v) is 11.9. The van der Waals surface area contributed by atoms with E-state index in [2.05, 4.69) is 20.9 Å². The number of likely N-dealkylation sites (N-methyl/N-ethyl adjacent to an activating group) is 1. The van der Waals surface area contributed by atoms with E-state index in [1.165, 1.54) is 6.08 Å². The highest BCUT2D eigenvalue weighted by Gasteiger charge is 2.22. The molecule has 0 bridgehead atoms. The molecular formula is C12H24ClNO3. The predicted octanol–water partition coefficient (Wildman–Crippen LogP) is -2.04. The predicted molar refractivity (Wildman–Crippen MR) is 63.9 cm³/mol. The summed E-state index contributed by atoms with van der Waals surface area (Å²) in [5, 5.41) is 9.75. The monoisotopic (exact) mass is 265 g/mol. The van der Waals surface area contributed by atoms with Crippen molar-refractivity contribution in [2.75, 3.05) is 33.3 Å². The van der Waals surface area contributed by atoms with Crippen molar-refractivity contribution < 1.29 is 31.5 Å². The Balaban J connectivity index is 0. The van der Waals surface area contributed by atoms with Gasteiger partial charge in [-0.25, -0.2) is 4.79 Å². The molecule has 0 aliphatic heterocycles. The summed E-state index contributed by atoms with van der Waals surface area (Å²) in [5.41, 5.74) is 0. The van der Waals surface area contributed by atoms with E-state index in [1.54, 1.807) is 13.0 Å². The Morgan fingerprint density at radius 3 is 2.35 bits per heavy atom. The molecule has 1 unspecified atom stereocenters. The Hall–Kier alpha value is -0.580. The Labute approximate surface area is 110 Å². The molecule has 1 atom stereocenters. The van der Waals surface area contributed by atoms with Gasteiger partial charge in [-0.15, -0.1) is 0 Å². The molecule has 0 aromatic carbocycles. The number of carbonyl (C=O) groups excluding carboxylic acids is 1. The van der Waals surface area contributed by atoms with E-state index in [-0.39, 0.29) is 19.0 Å². The number of nitrogens with zero attached hydrogens (tertiary/aromatic N) is 1. The van der Waals surface area contributed by atoms with Crippen molar-refractivity contribution in [2.24, 2.45) is 0 Å². The average Bonchev–Trinajstić information content (AvgIpc) is 2.26. The minimum Gasteiger partial charge on any atom is -1.00 e. The molecule has 17 heavy (non-hydrogen) atoms. The zero-order chi connectivity index (χ0) is 12.6. The second kappa shape index (κ2) is 9.45. The van der Waals surface area contributed by atoms with Gasteiger partial charge >= 0.3 is 5.97 Å². The molecule has 0 heterocycles. The van der Waals surface area contributed by atoms with Crippen LogP contribution in [0.4, 0.5) is 0 Å². The van der Waals surface area contributed by atoms with Crippen molar-refractivity contribution in [1.82, 2.24) is 0 Å². The van der Waals surface area contributed by atoms with Crippen LogP contribution < -0.4 is 12.4 Å². The molecule has 5 heteroatoms. The number of hydrogen-bond donors (Lipinski definition) is 1. The smallest absolute Gasteiger partial charge is 0.330 e. The number of aliphatic hydroxyl groups excluding tert-OH is 1. The summed E-state index contributed by atoms with van der Waals surface area (Å²) >= 11 is 0. The first-order valence-corrected chi connectivity index (χ1v) is 5.78. The van der Waals surface area contributed by atoms with Crippen LogP contribution in [0, 0.1) is 0 Å². The Morgan fingerprint density at radius 1 is 1.41 bits per heavy atom. The van der Waals surface area contributed by atoms with E-state index in [4.69, 9.17) is 4.74 Å². The van der Waals surface area contributed by atoms with Crippen LogP contribution in [0.15, 0.2) is 12.2 Å². The summed E-state index contributed by atoms with van der Waals surface area (Å²) < 4.78 is 5.67. The maximum atomic E-state index is 11.0. The molecule has 0 saturated carbocycles. The molecule has 0 aliphatic carbocycles. The van der Waals surface area contributed by atoms with Crippen LogP contribution in [0.5, 0.6) is 0 Å². The van der Waals surface area contributed by atoms with Gasteiger partial charge in [-0.05, 0) is 20.8 Å². The van der Waals surface area contributed by atoms with Crippen LogP contribution in [0.2, 0.25) is 0 Å². The first kappa shape index (κ1) is 18.8. The topological polar surface area (TPSA) is 46.5 Å². The third kappa shape index (κ3) is 8.18. The van der Waals surface area contributed by atoms with Gasteiger partial charge in [0, 0.05) is 6.08 Å². The molecule has 0 rings (SSSR count). The summed E-state index contributed by atoms with van der Waals surface area (Å²) in [5.74, 6) is -0.399. The third-order valence-corrected chi connectivity index (χ3v) is 2.90. The summed E-state index contributed by atoms with van der Waals surface area (Å²) in [4.78, 5) is 11.0. The van der Waals surface area contributed by atoms with Gasteiger partial charge in [0.1, 0.15) is 19.3 Å². The van der Waals surface area contributed by atoms with Crippen molar-refractivity contribution in [1.29, 1.82) is 0 Å². The van der Waals surface area contributed by atoms with Crippen molar-refractivity contribution in [2.45, 2.75) is 26.9 Å². The number of halogens is 1. The maximum absolute atomic E-state index is 11.0. The SMILES string of the molecule is CC=CC(=O)OCC(O)C[N+](C)(CC)CC.[Cl-]. The van der Waals surface area contributed by atoms with Gasteiger partial charge in [-0.1, -0.05) is 6.08 Å². The van der Waals surface area contributed by atoms with Crippen LogP contribution in [0.3, 0.4) is 0 Å². The van der Waals surface area contributed by atoms with E-state index < -0.39 is 12.1 Å². The molecule has 0 aliphatic rings. The standard InChI is InChI=1S/C12H24NO3.ClH/c1-5-8-12(15)16-10-11(14)9-13(4,6-2)7-3;/h5,8,11,14H,6-7,9-10H2,1-4H3;1H/q+1;/p-1. The molecule has 0 spiro atoms. The van der Waals surface area contributed by atoms with Crippen LogP contribution >= 0.6 is 0 Å². The lowest BCUT2D eigenvalue weighted by Gasteiger charge is -2.33. The Bertz CT molecular complexity index is 240. The van der Waals surface area contributed by atoms with Gasteiger partial charge in [0.25, 0.3) is 0 Å².